The summed E-state index contributed by atoms with van der Waals surface area (Å²) in [5.74, 6) is -3.29. The van der Waals surface area contributed by atoms with Crippen LogP contribution < -0.4 is 5.32 Å². The fourth-order valence-electron chi connectivity index (χ4n) is 5.17. The Morgan fingerprint density at radius 2 is 1.35 bits per heavy atom. The summed E-state index contributed by atoms with van der Waals surface area (Å²) in [4.78, 5) is 24.8. The van der Waals surface area contributed by atoms with E-state index in [-0.39, 0.29) is 18.0 Å². The highest BCUT2D eigenvalue weighted by Gasteiger charge is 2.18. The topological polar surface area (TPSA) is 71.3 Å². The molecule has 5 aromatic carbocycles. The van der Waals surface area contributed by atoms with Gasteiger partial charge in [0, 0.05) is 24.7 Å². The Bertz CT molecular complexity index is 1950. The van der Waals surface area contributed by atoms with Crippen molar-refractivity contribution in [2.75, 3.05) is 0 Å². The number of rotatable bonds is 8. The Balaban J connectivity index is 1.34. The summed E-state index contributed by atoms with van der Waals surface area (Å²) >= 11 is 0. The van der Waals surface area contributed by atoms with Crippen LogP contribution in [0.15, 0.2) is 121 Å². The highest BCUT2D eigenvalue weighted by atomic mass is 19.2. The molecule has 7 heteroatoms. The lowest BCUT2D eigenvalue weighted by atomic mass is 9.99. The summed E-state index contributed by atoms with van der Waals surface area (Å²) in [6, 6.07) is 33.8. The molecule has 212 valence electrons. The molecular formula is C36H26F2N2O3. The van der Waals surface area contributed by atoms with E-state index in [1.807, 2.05) is 41.1 Å². The van der Waals surface area contributed by atoms with Crippen molar-refractivity contribution in [2.24, 2.45) is 0 Å². The second kappa shape index (κ2) is 11.7. The van der Waals surface area contributed by atoms with Crippen LogP contribution in [0.25, 0.3) is 33.2 Å². The number of nitrogens with zero attached hydrogens (tertiary/aromatic N) is 1. The quantitative estimate of drug-likeness (QED) is 0.195. The molecule has 5 nitrogen and oxygen atoms in total. The van der Waals surface area contributed by atoms with Gasteiger partial charge in [-0.15, -0.1) is 0 Å². The first-order chi connectivity index (χ1) is 20.9. The van der Waals surface area contributed by atoms with Crippen LogP contribution in [-0.4, -0.2) is 21.6 Å². The van der Waals surface area contributed by atoms with E-state index in [1.54, 1.807) is 18.2 Å². The molecule has 0 aliphatic carbocycles. The third-order valence-electron chi connectivity index (χ3n) is 7.43. The van der Waals surface area contributed by atoms with Crippen LogP contribution >= 0.6 is 0 Å². The van der Waals surface area contributed by atoms with E-state index >= 15 is 0 Å². The number of hydrogen-bond acceptors (Lipinski definition) is 2. The molecule has 0 fully saturated rings. The predicted molar refractivity (Wildman–Crippen MR) is 163 cm³/mol. The van der Waals surface area contributed by atoms with E-state index in [1.165, 1.54) is 18.2 Å². The van der Waals surface area contributed by atoms with E-state index in [0.717, 1.165) is 39.8 Å². The maximum atomic E-state index is 14.1. The minimum atomic E-state index is -1.03. The Labute approximate surface area is 246 Å². The van der Waals surface area contributed by atoms with Crippen molar-refractivity contribution in [2.45, 2.75) is 13.1 Å². The summed E-state index contributed by atoms with van der Waals surface area (Å²) in [6.45, 7) is 0.692. The Hall–Kier alpha value is -5.56. The average molecular weight is 573 g/mol. The van der Waals surface area contributed by atoms with Gasteiger partial charge in [-0.25, -0.2) is 13.6 Å². The van der Waals surface area contributed by atoms with Gasteiger partial charge < -0.3 is 15.0 Å². The zero-order chi connectivity index (χ0) is 29.9. The lowest BCUT2D eigenvalue weighted by Gasteiger charge is -2.14. The smallest absolute Gasteiger partial charge is 0.335 e. The second-order valence-corrected chi connectivity index (χ2v) is 10.3. The van der Waals surface area contributed by atoms with Crippen LogP contribution in [0.5, 0.6) is 0 Å². The number of halogens is 2. The molecule has 0 saturated heterocycles. The van der Waals surface area contributed by atoms with Crippen molar-refractivity contribution in [1.29, 1.82) is 0 Å². The van der Waals surface area contributed by atoms with Gasteiger partial charge in [-0.05, 0) is 75.8 Å². The number of carbonyl (C=O) groups is 2. The second-order valence-electron chi connectivity index (χ2n) is 10.3. The largest absolute Gasteiger partial charge is 0.478 e. The predicted octanol–water partition coefficient (Wildman–Crippen LogP) is 7.93. The average Bonchev–Trinajstić information content (AvgIpc) is 3.44. The van der Waals surface area contributed by atoms with Gasteiger partial charge in [0.2, 0.25) is 0 Å². The van der Waals surface area contributed by atoms with Crippen molar-refractivity contribution in [3.63, 3.8) is 0 Å². The Morgan fingerprint density at radius 1 is 0.674 bits per heavy atom. The molecule has 0 spiro atoms. The molecule has 0 atom stereocenters. The lowest BCUT2D eigenvalue weighted by Crippen LogP contribution is -2.23. The molecular weight excluding hydrogens is 546 g/mol. The molecule has 0 radical (unpaired) electrons. The normalized spacial score (nSPS) is 11.0. The van der Waals surface area contributed by atoms with Crippen LogP contribution in [0.3, 0.4) is 0 Å². The van der Waals surface area contributed by atoms with E-state index in [0.29, 0.717) is 28.8 Å². The number of hydrogen-bond donors (Lipinski definition) is 2. The van der Waals surface area contributed by atoms with Crippen LogP contribution in [0.1, 0.15) is 31.8 Å². The number of fused-ring (bicyclic) bond motifs is 1. The summed E-state index contributed by atoms with van der Waals surface area (Å²) in [5, 5.41) is 12.9. The van der Waals surface area contributed by atoms with Crippen LogP contribution in [-0.2, 0) is 13.1 Å². The molecule has 0 bridgehead atoms. The first-order valence-corrected chi connectivity index (χ1v) is 13.7. The van der Waals surface area contributed by atoms with Crippen LogP contribution in [0.2, 0.25) is 0 Å². The van der Waals surface area contributed by atoms with Gasteiger partial charge in [0.15, 0.2) is 11.6 Å². The summed E-state index contributed by atoms with van der Waals surface area (Å²) in [6.07, 6.45) is 1.91. The molecule has 1 amide bonds. The number of aromatic carboxylic acids is 1. The number of carboxylic acid groups (broad SMARTS) is 1. The van der Waals surface area contributed by atoms with E-state index < -0.39 is 17.6 Å². The minimum absolute atomic E-state index is 0.158. The van der Waals surface area contributed by atoms with E-state index in [9.17, 15) is 18.4 Å². The molecule has 0 aliphatic heterocycles. The monoisotopic (exact) mass is 572 g/mol. The van der Waals surface area contributed by atoms with Gasteiger partial charge in [-0.1, -0.05) is 72.8 Å². The number of amides is 1. The molecule has 6 rings (SSSR count). The molecule has 0 aliphatic rings. The lowest BCUT2D eigenvalue weighted by molar-refractivity contribution is 0.0696. The Morgan fingerprint density at radius 3 is 2.05 bits per heavy atom. The number of carboxylic acids is 1. The van der Waals surface area contributed by atoms with E-state index in [4.69, 9.17) is 5.11 Å². The van der Waals surface area contributed by atoms with Crippen LogP contribution in [0.4, 0.5) is 8.78 Å². The van der Waals surface area contributed by atoms with Crippen molar-refractivity contribution in [1.82, 2.24) is 9.88 Å². The van der Waals surface area contributed by atoms with Crippen molar-refractivity contribution < 1.29 is 23.5 Å². The molecule has 1 aromatic heterocycles. The molecule has 1 heterocycles. The first kappa shape index (κ1) is 27.6. The minimum Gasteiger partial charge on any atom is -0.478 e. The summed E-state index contributed by atoms with van der Waals surface area (Å²) in [7, 11) is 0. The van der Waals surface area contributed by atoms with Gasteiger partial charge in [-0.2, -0.15) is 0 Å². The van der Waals surface area contributed by atoms with E-state index in [2.05, 4.69) is 41.7 Å². The maximum absolute atomic E-state index is 14.1. The van der Waals surface area contributed by atoms with Gasteiger partial charge >= 0.3 is 5.97 Å². The van der Waals surface area contributed by atoms with Crippen LogP contribution in [0, 0.1) is 11.6 Å². The molecule has 0 saturated carbocycles. The van der Waals surface area contributed by atoms with Gasteiger partial charge in [0.25, 0.3) is 5.91 Å². The maximum Gasteiger partial charge on any atom is 0.335 e. The van der Waals surface area contributed by atoms with Gasteiger partial charge in [0.05, 0.1) is 16.6 Å². The molecule has 2 N–H and O–H groups in total. The fraction of sp³-hybridized carbons (Fsp3) is 0.0556. The van der Waals surface area contributed by atoms with Crippen molar-refractivity contribution in [3.05, 3.63) is 155 Å². The first-order valence-electron chi connectivity index (χ1n) is 13.7. The summed E-state index contributed by atoms with van der Waals surface area (Å²) < 4.78 is 29.8. The molecule has 0 unspecified atom stereocenters. The molecule has 6 aromatic rings. The standard InChI is InChI=1S/C36H26F2N2O3/c37-32-15-14-28(20-33(32)38)30-18-29-16-17-40(22-24-8-10-26(11-9-24)25-4-2-1-3-5-25)34(29)31(19-30)35(41)39-21-23-6-12-27(13-7-23)36(42)43/h1-20H,21-22H2,(H,39,41)(H,42,43). The third kappa shape index (κ3) is 5.92. The number of aromatic nitrogens is 1. The summed E-state index contributed by atoms with van der Waals surface area (Å²) in [5.41, 5.74) is 6.28. The SMILES string of the molecule is O=C(O)c1ccc(CNC(=O)c2cc(-c3ccc(F)c(F)c3)cc3ccn(Cc4ccc(-c5ccccc5)cc4)c23)cc1. The highest BCUT2D eigenvalue weighted by molar-refractivity contribution is 6.08. The fourth-order valence-corrected chi connectivity index (χ4v) is 5.17. The molecule has 43 heavy (non-hydrogen) atoms. The zero-order valence-corrected chi connectivity index (χ0v) is 22.9. The van der Waals surface area contributed by atoms with Crippen molar-refractivity contribution >= 4 is 22.8 Å². The van der Waals surface area contributed by atoms with Crippen molar-refractivity contribution in [3.8, 4) is 22.3 Å². The highest BCUT2D eigenvalue weighted by Crippen LogP contribution is 2.31. The zero-order valence-electron chi connectivity index (χ0n) is 22.9. The Kier molecular flexibility index (Phi) is 7.54. The number of nitrogens with one attached hydrogen (secondary N) is 1. The number of benzene rings is 5. The van der Waals surface area contributed by atoms with Gasteiger partial charge in [0.1, 0.15) is 0 Å². The van der Waals surface area contributed by atoms with Gasteiger partial charge in [-0.3, -0.25) is 4.79 Å². The third-order valence-corrected chi connectivity index (χ3v) is 7.43. The number of carbonyl (C=O) groups excluding carboxylic acids is 1.